The van der Waals surface area contributed by atoms with Gasteiger partial charge in [0.05, 0.1) is 5.52 Å². The largest absolute Gasteiger partial charge is 0.295 e. The Balaban J connectivity index is 2.35. The molecule has 3 aromatic rings. The Labute approximate surface area is 122 Å². The van der Waals surface area contributed by atoms with Gasteiger partial charge < -0.3 is 0 Å². The van der Waals surface area contributed by atoms with Crippen molar-refractivity contribution in [3.05, 3.63) is 39.9 Å². The van der Waals surface area contributed by atoms with Gasteiger partial charge in [0.25, 0.3) is 5.56 Å². The summed E-state index contributed by atoms with van der Waals surface area (Å²) in [6.45, 7) is 6.67. The van der Waals surface area contributed by atoms with Crippen LogP contribution in [-0.4, -0.2) is 19.7 Å². The maximum atomic E-state index is 12.6. The summed E-state index contributed by atoms with van der Waals surface area (Å²) in [6, 6.07) is 5.91. The molecule has 2 heterocycles. The zero-order valence-corrected chi connectivity index (χ0v) is 12.6. The van der Waals surface area contributed by atoms with Crippen LogP contribution in [0.3, 0.4) is 0 Å². The monoisotopic (exact) mass is 282 g/mol. The molecule has 5 nitrogen and oxygen atoms in total. The van der Waals surface area contributed by atoms with E-state index >= 15 is 0 Å². The first-order valence-electron chi connectivity index (χ1n) is 7.26. The van der Waals surface area contributed by atoms with Gasteiger partial charge in [0.1, 0.15) is 11.3 Å². The summed E-state index contributed by atoms with van der Waals surface area (Å²) in [4.78, 5) is 17.2. The van der Waals surface area contributed by atoms with Crippen molar-refractivity contribution in [3.63, 3.8) is 0 Å². The van der Waals surface area contributed by atoms with E-state index in [1.54, 1.807) is 4.57 Å². The molecular formula is C16H18N4O. The van der Waals surface area contributed by atoms with E-state index in [4.69, 9.17) is 0 Å². The van der Waals surface area contributed by atoms with Crippen LogP contribution in [0.15, 0.2) is 23.0 Å². The summed E-state index contributed by atoms with van der Waals surface area (Å²) in [5.74, 6) is 0.733. The van der Waals surface area contributed by atoms with Crippen LogP contribution >= 0.6 is 0 Å². The third kappa shape index (κ3) is 2.28. The fraction of sp³-hybridized carbons (Fsp3) is 0.375. The Morgan fingerprint density at radius 2 is 1.95 bits per heavy atom. The molecule has 0 aliphatic heterocycles. The number of aromatic nitrogens is 4. The second kappa shape index (κ2) is 5.24. The highest BCUT2D eigenvalue weighted by Gasteiger charge is 2.12. The minimum absolute atomic E-state index is 0.0955. The molecule has 0 saturated carbocycles. The van der Waals surface area contributed by atoms with Crippen molar-refractivity contribution in [3.8, 4) is 0 Å². The molecule has 0 fully saturated rings. The molecule has 0 aliphatic carbocycles. The van der Waals surface area contributed by atoms with E-state index in [2.05, 4.69) is 22.1 Å². The zero-order valence-electron chi connectivity index (χ0n) is 12.6. The van der Waals surface area contributed by atoms with E-state index in [1.807, 2.05) is 32.0 Å². The minimum Gasteiger partial charge on any atom is -0.295 e. The van der Waals surface area contributed by atoms with Crippen molar-refractivity contribution in [2.24, 2.45) is 0 Å². The Hall–Kier alpha value is -2.30. The molecule has 5 heteroatoms. The number of aryl methyl sites for hydroxylation is 2. The van der Waals surface area contributed by atoms with E-state index in [0.717, 1.165) is 35.1 Å². The fourth-order valence-corrected chi connectivity index (χ4v) is 2.54. The van der Waals surface area contributed by atoms with Crippen LogP contribution in [0.1, 0.15) is 31.2 Å². The van der Waals surface area contributed by atoms with Crippen molar-refractivity contribution in [1.29, 1.82) is 0 Å². The van der Waals surface area contributed by atoms with Crippen LogP contribution in [0.2, 0.25) is 0 Å². The van der Waals surface area contributed by atoms with Crippen LogP contribution in [0, 0.1) is 13.8 Å². The molecule has 0 aliphatic rings. The number of hydrogen-bond donors (Lipinski definition) is 0. The molecule has 0 spiro atoms. The van der Waals surface area contributed by atoms with Crippen LogP contribution in [0.4, 0.5) is 0 Å². The summed E-state index contributed by atoms with van der Waals surface area (Å²) in [5.41, 5.74) is 2.80. The second-order valence-corrected chi connectivity index (χ2v) is 5.39. The van der Waals surface area contributed by atoms with E-state index < -0.39 is 0 Å². The molecule has 2 aromatic heterocycles. The van der Waals surface area contributed by atoms with E-state index in [-0.39, 0.29) is 5.56 Å². The SMILES string of the molecule is CCCCn1c(C)nc2c(nnc3ccc(C)cc32)c1=O. The van der Waals surface area contributed by atoms with Gasteiger partial charge in [-0.3, -0.25) is 9.36 Å². The highest BCUT2D eigenvalue weighted by Crippen LogP contribution is 2.19. The number of unbranched alkanes of at least 4 members (excludes halogenated alkanes) is 1. The van der Waals surface area contributed by atoms with Gasteiger partial charge in [0.2, 0.25) is 0 Å². The Kier molecular flexibility index (Phi) is 3.41. The van der Waals surface area contributed by atoms with E-state index in [1.165, 1.54) is 0 Å². The maximum Gasteiger partial charge on any atom is 0.281 e. The van der Waals surface area contributed by atoms with Crippen LogP contribution in [0.25, 0.3) is 21.9 Å². The average Bonchev–Trinajstić information content (AvgIpc) is 2.47. The maximum absolute atomic E-state index is 12.6. The Morgan fingerprint density at radius 1 is 1.14 bits per heavy atom. The molecule has 0 radical (unpaired) electrons. The molecule has 3 rings (SSSR count). The summed E-state index contributed by atoms with van der Waals surface area (Å²) in [7, 11) is 0. The second-order valence-electron chi connectivity index (χ2n) is 5.39. The first-order chi connectivity index (χ1) is 10.1. The quantitative estimate of drug-likeness (QED) is 0.693. The minimum atomic E-state index is -0.0955. The predicted molar refractivity (Wildman–Crippen MR) is 83.5 cm³/mol. The molecule has 0 N–H and O–H groups in total. The number of fused-ring (bicyclic) bond motifs is 3. The van der Waals surface area contributed by atoms with Crippen molar-refractivity contribution >= 4 is 21.9 Å². The normalized spacial score (nSPS) is 11.4. The number of hydrogen-bond acceptors (Lipinski definition) is 4. The molecule has 108 valence electrons. The van der Waals surface area contributed by atoms with Gasteiger partial charge in [-0.1, -0.05) is 25.0 Å². The highest BCUT2D eigenvalue weighted by atomic mass is 16.1. The van der Waals surface area contributed by atoms with Crippen LogP contribution < -0.4 is 5.56 Å². The first-order valence-corrected chi connectivity index (χ1v) is 7.26. The van der Waals surface area contributed by atoms with Gasteiger partial charge in [0, 0.05) is 11.9 Å². The van der Waals surface area contributed by atoms with Gasteiger partial charge in [-0.15, -0.1) is 10.2 Å². The summed E-state index contributed by atoms with van der Waals surface area (Å²) in [5, 5.41) is 9.15. The van der Waals surface area contributed by atoms with Gasteiger partial charge >= 0.3 is 0 Å². The first kappa shape index (κ1) is 13.7. The standard InChI is InChI=1S/C16H18N4O/c1-4-5-8-20-11(3)17-14-12-9-10(2)6-7-13(12)18-19-15(14)16(20)21/h6-7,9H,4-5,8H2,1-3H3. The van der Waals surface area contributed by atoms with Gasteiger partial charge in [0.15, 0.2) is 5.52 Å². The summed E-state index contributed by atoms with van der Waals surface area (Å²) < 4.78 is 1.70. The zero-order chi connectivity index (χ0) is 15.0. The molecular weight excluding hydrogens is 264 g/mol. The molecule has 1 aromatic carbocycles. The lowest BCUT2D eigenvalue weighted by molar-refractivity contribution is 0.590. The molecule has 0 amide bonds. The number of nitrogens with zero attached hydrogens (tertiary/aromatic N) is 4. The molecule has 0 unspecified atom stereocenters. The van der Waals surface area contributed by atoms with Crippen molar-refractivity contribution in [2.45, 2.75) is 40.2 Å². The number of benzene rings is 1. The molecule has 0 atom stereocenters. The lowest BCUT2D eigenvalue weighted by Gasteiger charge is -2.10. The van der Waals surface area contributed by atoms with E-state index in [0.29, 0.717) is 17.6 Å². The topological polar surface area (TPSA) is 60.7 Å². The molecule has 21 heavy (non-hydrogen) atoms. The highest BCUT2D eigenvalue weighted by molar-refractivity contribution is 6.00. The lowest BCUT2D eigenvalue weighted by atomic mass is 10.1. The van der Waals surface area contributed by atoms with Crippen molar-refractivity contribution in [1.82, 2.24) is 19.7 Å². The van der Waals surface area contributed by atoms with Gasteiger partial charge in [-0.05, 0) is 32.4 Å². The fourth-order valence-electron chi connectivity index (χ4n) is 2.54. The van der Waals surface area contributed by atoms with Crippen molar-refractivity contribution in [2.75, 3.05) is 0 Å². The smallest absolute Gasteiger partial charge is 0.281 e. The summed E-state index contributed by atoms with van der Waals surface area (Å²) >= 11 is 0. The third-order valence-corrected chi connectivity index (χ3v) is 3.74. The predicted octanol–water partition coefficient (Wildman–Crippen LogP) is 2.76. The van der Waals surface area contributed by atoms with Gasteiger partial charge in [-0.25, -0.2) is 4.98 Å². The van der Waals surface area contributed by atoms with Crippen molar-refractivity contribution < 1.29 is 0 Å². The molecule has 0 saturated heterocycles. The Morgan fingerprint density at radius 3 is 2.71 bits per heavy atom. The van der Waals surface area contributed by atoms with Crippen LogP contribution in [0.5, 0.6) is 0 Å². The molecule has 0 bridgehead atoms. The Bertz CT molecular complexity index is 883. The summed E-state index contributed by atoms with van der Waals surface area (Å²) in [6.07, 6.45) is 1.99. The number of rotatable bonds is 3. The lowest BCUT2D eigenvalue weighted by Crippen LogP contribution is -2.25. The average molecular weight is 282 g/mol. The van der Waals surface area contributed by atoms with E-state index in [9.17, 15) is 4.79 Å². The third-order valence-electron chi connectivity index (χ3n) is 3.74. The van der Waals surface area contributed by atoms with Gasteiger partial charge in [-0.2, -0.15) is 0 Å². The van der Waals surface area contributed by atoms with Crippen LogP contribution in [-0.2, 0) is 6.54 Å².